The van der Waals surface area contributed by atoms with Crippen molar-refractivity contribution in [3.63, 3.8) is 0 Å². The Kier molecular flexibility index (Phi) is 3.67. The highest BCUT2D eigenvalue weighted by Crippen LogP contribution is 2.34. The molecule has 2 N–H and O–H groups in total. The third kappa shape index (κ3) is 2.14. The Morgan fingerprint density at radius 1 is 1.06 bits per heavy atom. The van der Waals surface area contributed by atoms with Gasteiger partial charge in [-0.3, -0.25) is 0 Å². The van der Waals surface area contributed by atoms with Gasteiger partial charge in [-0.2, -0.15) is 0 Å². The van der Waals surface area contributed by atoms with Gasteiger partial charge < -0.3 is 10.6 Å². The minimum atomic E-state index is 0.328. The molecule has 2 rings (SSSR count). The van der Waals surface area contributed by atoms with Crippen molar-refractivity contribution >= 4 is 5.69 Å². The molecule has 1 fully saturated rings. The molecular formula is C16H26N2. The largest absolute Gasteiger partial charge is 0.370 e. The van der Waals surface area contributed by atoms with E-state index < -0.39 is 0 Å². The van der Waals surface area contributed by atoms with Crippen LogP contribution in [-0.2, 0) is 0 Å². The van der Waals surface area contributed by atoms with Crippen molar-refractivity contribution in [2.24, 2.45) is 5.73 Å². The van der Waals surface area contributed by atoms with Gasteiger partial charge in [-0.05, 0) is 69.2 Å². The van der Waals surface area contributed by atoms with Crippen molar-refractivity contribution in [1.82, 2.24) is 0 Å². The molecule has 1 aromatic carbocycles. The van der Waals surface area contributed by atoms with Gasteiger partial charge in [-0.15, -0.1) is 0 Å². The lowest BCUT2D eigenvalue weighted by Gasteiger charge is -2.33. The first-order valence-corrected chi connectivity index (χ1v) is 6.99. The zero-order valence-electron chi connectivity index (χ0n) is 12.4. The number of rotatable bonds is 2. The summed E-state index contributed by atoms with van der Waals surface area (Å²) in [7, 11) is 2.21. The Labute approximate surface area is 111 Å². The van der Waals surface area contributed by atoms with Crippen molar-refractivity contribution < 1.29 is 0 Å². The van der Waals surface area contributed by atoms with Crippen LogP contribution in [0.2, 0.25) is 0 Å². The van der Waals surface area contributed by atoms with Crippen LogP contribution in [0.25, 0.3) is 0 Å². The summed E-state index contributed by atoms with van der Waals surface area (Å²) in [6.45, 7) is 8.86. The lowest BCUT2D eigenvalue weighted by molar-refractivity contribution is 0.571. The fourth-order valence-electron chi connectivity index (χ4n) is 3.34. The molecule has 18 heavy (non-hydrogen) atoms. The molecule has 0 saturated heterocycles. The Hall–Kier alpha value is -1.02. The number of anilines is 1. The van der Waals surface area contributed by atoms with E-state index in [0.717, 1.165) is 6.42 Å². The van der Waals surface area contributed by atoms with Crippen molar-refractivity contribution in [3.8, 4) is 0 Å². The second kappa shape index (κ2) is 4.93. The van der Waals surface area contributed by atoms with Gasteiger partial charge in [-0.25, -0.2) is 0 Å². The smallest absolute Gasteiger partial charge is 0.0438 e. The molecule has 1 aliphatic rings. The third-order valence-corrected chi connectivity index (χ3v) is 4.71. The second-order valence-corrected chi connectivity index (χ2v) is 5.88. The van der Waals surface area contributed by atoms with Gasteiger partial charge in [0.25, 0.3) is 0 Å². The maximum Gasteiger partial charge on any atom is 0.0438 e. The van der Waals surface area contributed by atoms with Crippen molar-refractivity contribution in [2.45, 2.75) is 59.0 Å². The molecule has 0 heterocycles. The third-order valence-electron chi connectivity index (χ3n) is 4.71. The molecule has 2 atom stereocenters. The summed E-state index contributed by atoms with van der Waals surface area (Å²) in [4.78, 5) is 2.43. The predicted octanol–water partition coefficient (Wildman–Crippen LogP) is 3.24. The molecule has 2 nitrogen and oxygen atoms in total. The van der Waals surface area contributed by atoms with Gasteiger partial charge in [0.15, 0.2) is 0 Å². The minimum Gasteiger partial charge on any atom is -0.370 e. The van der Waals surface area contributed by atoms with Crippen molar-refractivity contribution in [1.29, 1.82) is 0 Å². The predicted molar refractivity (Wildman–Crippen MR) is 79.4 cm³/mol. The van der Waals surface area contributed by atoms with Crippen LogP contribution in [0.4, 0.5) is 5.69 Å². The molecule has 0 aromatic heterocycles. The lowest BCUT2D eigenvalue weighted by atomic mass is 9.96. The Bertz CT molecular complexity index is 425. The maximum atomic E-state index is 6.25. The number of hydrogen-bond acceptors (Lipinski definition) is 2. The summed E-state index contributed by atoms with van der Waals surface area (Å²) in [6, 6.07) is 3.12. The molecule has 1 saturated carbocycles. The fourth-order valence-corrected chi connectivity index (χ4v) is 3.34. The average molecular weight is 246 g/mol. The summed E-state index contributed by atoms with van der Waals surface area (Å²) >= 11 is 0. The van der Waals surface area contributed by atoms with E-state index in [4.69, 9.17) is 5.73 Å². The van der Waals surface area contributed by atoms with Crippen LogP contribution in [0, 0.1) is 27.7 Å². The van der Waals surface area contributed by atoms with Crippen LogP contribution in [0.1, 0.15) is 41.5 Å². The average Bonchev–Trinajstić information content (AvgIpc) is 2.73. The number of aryl methyl sites for hydroxylation is 2. The Morgan fingerprint density at radius 3 is 2.06 bits per heavy atom. The van der Waals surface area contributed by atoms with E-state index in [-0.39, 0.29) is 0 Å². The topological polar surface area (TPSA) is 29.3 Å². The minimum absolute atomic E-state index is 0.328. The highest BCUT2D eigenvalue weighted by Gasteiger charge is 2.29. The first-order chi connectivity index (χ1) is 8.43. The molecule has 100 valence electrons. The molecule has 0 amide bonds. The number of likely N-dealkylation sites (N-methyl/N-ethyl adjacent to an activating group) is 1. The van der Waals surface area contributed by atoms with Gasteiger partial charge in [0.05, 0.1) is 0 Å². The van der Waals surface area contributed by atoms with E-state index in [0.29, 0.717) is 12.1 Å². The van der Waals surface area contributed by atoms with Crippen LogP contribution >= 0.6 is 0 Å². The van der Waals surface area contributed by atoms with Gasteiger partial charge in [0, 0.05) is 24.8 Å². The first-order valence-electron chi connectivity index (χ1n) is 6.99. The molecule has 2 unspecified atom stereocenters. The molecule has 2 heteroatoms. The van der Waals surface area contributed by atoms with Crippen molar-refractivity contribution in [2.75, 3.05) is 11.9 Å². The molecule has 0 radical (unpaired) electrons. The van der Waals surface area contributed by atoms with Gasteiger partial charge in [0.1, 0.15) is 0 Å². The number of benzene rings is 1. The standard InChI is InChI=1S/C16H26N2/c1-10-9-11(2)13(4)16(12(10)3)18(5)15-8-6-7-14(15)17/h9,14-15H,6-8,17H2,1-5H3. The highest BCUT2D eigenvalue weighted by molar-refractivity contribution is 5.64. The molecule has 1 aromatic rings. The first kappa shape index (κ1) is 13.4. The van der Waals surface area contributed by atoms with E-state index in [1.165, 1.54) is 40.8 Å². The Balaban J connectivity index is 2.44. The quantitative estimate of drug-likeness (QED) is 0.868. The molecular weight excluding hydrogens is 220 g/mol. The zero-order valence-corrected chi connectivity index (χ0v) is 12.4. The van der Waals surface area contributed by atoms with Crippen LogP contribution in [0.3, 0.4) is 0 Å². The maximum absolute atomic E-state index is 6.25. The highest BCUT2D eigenvalue weighted by atomic mass is 15.2. The second-order valence-electron chi connectivity index (χ2n) is 5.88. The van der Waals surface area contributed by atoms with Crippen LogP contribution in [0.5, 0.6) is 0 Å². The summed E-state index contributed by atoms with van der Waals surface area (Å²) in [6.07, 6.45) is 3.65. The molecule has 0 bridgehead atoms. The van der Waals surface area contributed by atoms with Crippen molar-refractivity contribution in [3.05, 3.63) is 28.3 Å². The fraction of sp³-hybridized carbons (Fsp3) is 0.625. The summed E-state index contributed by atoms with van der Waals surface area (Å²) in [5.41, 5.74) is 13.2. The van der Waals surface area contributed by atoms with E-state index in [1.54, 1.807) is 0 Å². The van der Waals surface area contributed by atoms with Gasteiger partial charge >= 0.3 is 0 Å². The number of nitrogens with two attached hydrogens (primary N) is 1. The van der Waals surface area contributed by atoms with Gasteiger partial charge in [0.2, 0.25) is 0 Å². The normalized spacial score (nSPS) is 23.4. The van der Waals surface area contributed by atoms with E-state index >= 15 is 0 Å². The van der Waals surface area contributed by atoms with E-state index in [1.807, 2.05) is 0 Å². The van der Waals surface area contributed by atoms with Crippen LogP contribution in [-0.4, -0.2) is 19.1 Å². The Morgan fingerprint density at radius 2 is 1.61 bits per heavy atom. The molecule has 1 aliphatic carbocycles. The van der Waals surface area contributed by atoms with E-state index in [2.05, 4.69) is 45.7 Å². The zero-order chi connectivity index (χ0) is 13.4. The van der Waals surface area contributed by atoms with Crippen LogP contribution in [0.15, 0.2) is 6.07 Å². The lowest BCUT2D eigenvalue weighted by Crippen LogP contribution is -2.43. The SMILES string of the molecule is Cc1cc(C)c(C)c(N(C)C2CCCC2N)c1C. The number of hydrogen-bond donors (Lipinski definition) is 1. The molecule has 0 aliphatic heterocycles. The van der Waals surface area contributed by atoms with Gasteiger partial charge in [-0.1, -0.05) is 6.07 Å². The summed E-state index contributed by atoms with van der Waals surface area (Å²) < 4.78 is 0. The summed E-state index contributed by atoms with van der Waals surface area (Å²) in [5, 5.41) is 0. The number of nitrogens with zero attached hydrogens (tertiary/aromatic N) is 1. The molecule has 0 spiro atoms. The monoisotopic (exact) mass is 246 g/mol. The van der Waals surface area contributed by atoms with E-state index in [9.17, 15) is 0 Å². The van der Waals surface area contributed by atoms with Crippen LogP contribution < -0.4 is 10.6 Å². The summed E-state index contributed by atoms with van der Waals surface area (Å²) in [5.74, 6) is 0.